The molecule has 1 atom stereocenters. The Morgan fingerprint density at radius 3 is 2.78 bits per heavy atom. The van der Waals surface area contributed by atoms with Crippen LogP contribution in [0.5, 0.6) is 5.75 Å². The Hall–Kier alpha value is -4.54. The van der Waals surface area contributed by atoms with Crippen LogP contribution < -0.4 is 10.1 Å². The zero-order valence-corrected chi connectivity index (χ0v) is 19.2. The number of rotatable bonds is 3. The van der Waals surface area contributed by atoms with Crippen LogP contribution in [0, 0.1) is 0 Å². The number of para-hydroxylation sites is 1. The lowest BCUT2D eigenvalue weighted by molar-refractivity contribution is -0.136. The number of hydrogen-bond acceptors (Lipinski definition) is 7. The fourth-order valence-corrected chi connectivity index (χ4v) is 4.85. The number of carbonyl (C=O) groups excluding carboxylic acids is 4. The Labute approximate surface area is 205 Å². The van der Waals surface area contributed by atoms with Gasteiger partial charge in [0.1, 0.15) is 18.4 Å². The van der Waals surface area contributed by atoms with Gasteiger partial charge in [-0.3, -0.25) is 24.5 Å². The first-order chi connectivity index (χ1) is 17.5. The lowest BCUT2D eigenvalue weighted by Crippen LogP contribution is -2.52. The molecule has 4 heterocycles. The number of piperidine rings is 1. The first-order valence-electron chi connectivity index (χ1n) is 11.7. The fraction of sp³-hybridized carbons (Fsp3) is 0.280. The zero-order valence-electron chi connectivity index (χ0n) is 19.2. The molecule has 0 aliphatic carbocycles. The molecule has 2 aromatic carbocycles. The van der Waals surface area contributed by atoms with E-state index in [1.165, 1.54) is 9.58 Å². The second-order valence-corrected chi connectivity index (χ2v) is 8.97. The molecule has 6 rings (SSSR count). The summed E-state index contributed by atoms with van der Waals surface area (Å²) in [6.45, 7) is 1.48. The van der Waals surface area contributed by atoms with E-state index in [1.807, 2.05) is 24.3 Å². The summed E-state index contributed by atoms with van der Waals surface area (Å²) in [5.74, 6) is -0.494. The molecule has 1 saturated heterocycles. The van der Waals surface area contributed by atoms with Gasteiger partial charge in [-0.15, -0.1) is 5.10 Å². The predicted octanol–water partition coefficient (Wildman–Crippen LogP) is 1.06. The van der Waals surface area contributed by atoms with Gasteiger partial charge in [-0.25, -0.2) is 4.68 Å². The highest BCUT2D eigenvalue weighted by molar-refractivity contribution is 6.05. The molecule has 0 radical (unpaired) electrons. The van der Waals surface area contributed by atoms with E-state index in [9.17, 15) is 19.2 Å². The molecule has 11 heteroatoms. The van der Waals surface area contributed by atoms with E-state index in [-0.39, 0.29) is 36.4 Å². The van der Waals surface area contributed by atoms with E-state index in [0.717, 1.165) is 16.9 Å². The smallest absolute Gasteiger partial charge is 0.276 e. The van der Waals surface area contributed by atoms with Crippen LogP contribution in [0.3, 0.4) is 0 Å². The van der Waals surface area contributed by atoms with Crippen LogP contribution in [0.1, 0.15) is 44.8 Å². The molecular weight excluding hydrogens is 464 g/mol. The first kappa shape index (κ1) is 22.0. The number of ether oxygens (including phenoxy) is 1. The van der Waals surface area contributed by atoms with Crippen LogP contribution in [0.4, 0.5) is 0 Å². The highest BCUT2D eigenvalue weighted by Crippen LogP contribution is 2.29. The summed E-state index contributed by atoms with van der Waals surface area (Å²) >= 11 is 0. The van der Waals surface area contributed by atoms with Gasteiger partial charge in [0, 0.05) is 30.6 Å². The average molecular weight is 486 g/mol. The maximum atomic E-state index is 13.2. The van der Waals surface area contributed by atoms with Crippen LogP contribution >= 0.6 is 0 Å². The summed E-state index contributed by atoms with van der Waals surface area (Å²) in [6, 6.07) is 12.2. The van der Waals surface area contributed by atoms with Crippen molar-refractivity contribution in [2.24, 2.45) is 0 Å². The van der Waals surface area contributed by atoms with Crippen molar-refractivity contribution >= 4 is 23.6 Å². The summed E-state index contributed by atoms with van der Waals surface area (Å²) < 4.78 is 7.24. The number of aromatic nitrogens is 3. The van der Waals surface area contributed by atoms with Crippen LogP contribution in [0.2, 0.25) is 0 Å². The minimum Gasteiger partial charge on any atom is -0.491 e. The molecule has 3 aliphatic heterocycles. The number of amides is 4. The van der Waals surface area contributed by atoms with Crippen LogP contribution in [-0.4, -0.2) is 67.6 Å². The van der Waals surface area contributed by atoms with Crippen molar-refractivity contribution in [1.82, 2.24) is 30.1 Å². The van der Waals surface area contributed by atoms with E-state index in [4.69, 9.17) is 4.74 Å². The molecule has 36 heavy (non-hydrogen) atoms. The number of imide groups is 1. The van der Waals surface area contributed by atoms with Crippen molar-refractivity contribution < 1.29 is 23.9 Å². The number of hydrogen-bond donors (Lipinski definition) is 1. The van der Waals surface area contributed by atoms with Crippen molar-refractivity contribution in [3.05, 3.63) is 71.0 Å². The molecule has 0 saturated carbocycles. The molecule has 11 nitrogen and oxygen atoms in total. The van der Waals surface area contributed by atoms with Gasteiger partial charge < -0.3 is 14.5 Å². The van der Waals surface area contributed by atoms with Crippen molar-refractivity contribution in [3.8, 4) is 11.4 Å². The normalized spacial score (nSPS) is 19.3. The summed E-state index contributed by atoms with van der Waals surface area (Å²) in [5.41, 5.74) is 3.02. The minimum atomic E-state index is -0.677. The number of carbonyl (C=O) groups is 4. The molecule has 1 N–H and O–H groups in total. The molecule has 0 bridgehead atoms. The van der Waals surface area contributed by atoms with Gasteiger partial charge in [0.25, 0.3) is 11.8 Å². The number of nitrogens with zero attached hydrogens (tertiary/aromatic N) is 5. The van der Waals surface area contributed by atoms with Crippen molar-refractivity contribution in [2.75, 3.05) is 13.2 Å². The third kappa shape index (κ3) is 3.78. The maximum absolute atomic E-state index is 13.2. The average Bonchev–Trinajstić information content (AvgIpc) is 3.42. The van der Waals surface area contributed by atoms with Crippen molar-refractivity contribution in [3.63, 3.8) is 0 Å². The second kappa shape index (κ2) is 8.59. The van der Waals surface area contributed by atoms with E-state index < -0.39 is 11.9 Å². The van der Waals surface area contributed by atoms with Crippen LogP contribution in [-0.2, 0) is 22.7 Å². The molecule has 3 aliphatic rings. The Kier molecular flexibility index (Phi) is 5.24. The summed E-state index contributed by atoms with van der Waals surface area (Å²) in [6.07, 6.45) is 2.07. The second-order valence-electron chi connectivity index (χ2n) is 8.97. The van der Waals surface area contributed by atoms with E-state index in [2.05, 4.69) is 15.6 Å². The maximum Gasteiger partial charge on any atom is 0.276 e. The topological polar surface area (TPSA) is 127 Å². The van der Waals surface area contributed by atoms with Gasteiger partial charge in [0.2, 0.25) is 11.8 Å². The molecule has 182 valence electrons. The molecule has 1 aromatic heterocycles. The monoisotopic (exact) mass is 486 g/mol. The molecule has 1 unspecified atom stereocenters. The number of benzene rings is 2. The summed E-state index contributed by atoms with van der Waals surface area (Å²) in [4.78, 5) is 53.0. The van der Waals surface area contributed by atoms with E-state index in [0.29, 0.717) is 37.4 Å². The summed E-state index contributed by atoms with van der Waals surface area (Å²) in [7, 11) is 0. The lowest BCUT2D eigenvalue weighted by atomic mass is 10.0. The van der Waals surface area contributed by atoms with Gasteiger partial charge in [-0.05, 0) is 36.2 Å². The third-order valence-corrected chi connectivity index (χ3v) is 6.72. The van der Waals surface area contributed by atoms with Crippen molar-refractivity contribution in [1.29, 1.82) is 0 Å². The van der Waals surface area contributed by atoms with Gasteiger partial charge in [0.15, 0.2) is 5.69 Å². The first-order valence-corrected chi connectivity index (χ1v) is 11.7. The van der Waals surface area contributed by atoms with Gasteiger partial charge in [-0.1, -0.05) is 23.4 Å². The minimum absolute atomic E-state index is 0.201. The van der Waals surface area contributed by atoms with Crippen LogP contribution in [0.25, 0.3) is 5.69 Å². The molecular formula is C25H22N6O5. The number of fused-ring (bicyclic) bond motifs is 2. The van der Waals surface area contributed by atoms with E-state index in [1.54, 1.807) is 29.3 Å². The van der Waals surface area contributed by atoms with Gasteiger partial charge in [-0.2, -0.15) is 0 Å². The Bertz CT molecular complexity index is 1420. The van der Waals surface area contributed by atoms with Gasteiger partial charge >= 0.3 is 0 Å². The predicted molar refractivity (Wildman–Crippen MR) is 124 cm³/mol. The fourth-order valence-electron chi connectivity index (χ4n) is 4.85. The Morgan fingerprint density at radius 1 is 1.06 bits per heavy atom. The highest BCUT2D eigenvalue weighted by Gasteiger charge is 2.39. The third-order valence-electron chi connectivity index (χ3n) is 6.72. The lowest BCUT2D eigenvalue weighted by Gasteiger charge is -2.29. The SMILES string of the molecule is O=C1CCC(N2Cc3cc(-n4cc(C(=O)N5CCOc6ccccc6C5)nn4)ccc3C2=O)C(=O)N1. The Morgan fingerprint density at radius 2 is 1.92 bits per heavy atom. The van der Waals surface area contributed by atoms with Crippen molar-refractivity contribution in [2.45, 2.75) is 32.0 Å². The number of nitrogens with one attached hydrogen (secondary N) is 1. The molecule has 0 spiro atoms. The molecule has 1 fully saturated rings. The quantitative estimate of drug-likeness (QED) is 0.549. The van der Waals surface area contributed by atoms with E-state index >= 15 is 0 Å². The largest absolute Gasteiger partial charge is 0.491 e. The summed E-state index contributed by atoms with van der Waals surface area (Å²) in [5, 5.41) is 10.5. The highest BCUT2D eigenvalue weighted by atomic mass is 16.5. The standard InChI is InChI=1S/C25H22N6O5/c32-22-8-7-20(23(33)26-22)30-13-16-11-17(5-6-18(16)24(30)34)31-14-19(27-28-31)25(35)29-9-10-36-21-4-2-1-3-15(21)12-29/h1-6,11,14,20H,7-10,12-13H2,(H,26,32,33). The van der Waals surface area contributed by atoms with Crippen LogP contribution in [0.15, 0.2) is 48.7 Å². The van der Waals surface area contributed by atoms with Gasteiger partial charge in [0.05, 0.1) is 18.4 Å². The zero-order chi connectivity index (χ0) is 24.8. The Balaban J connectivity index is 1.20. The molecule has 4 amide bonds. The molecule has 3 aromatic rings.